The lowest BCUT2D eigenvalue weighted by molar-refractivity contribution is 0.684. The molecule has 5 aliphatic rings. The molecule has 0 aromatic heterocycles. The topological polar surface area (TPSA) is 6.48 Å². The lowest BCUT2D eigenvalue weighted by Crippen LogP contribution is -2.42. The Labute approximate surface area is 232 Å². The second-order valence-electron chi connectivity index (χ2n) is 11.6. The average molecular weight is 507 g/mol. The van der Waals surface area contributed by atoms with E-state index in [-0.39, 0.29) is 12.1 Å². The van der Waals surface area contributed by atoms with Crippen molar-refractivity contribution in [3.63, 3.8) is 0 Å². The maximum absolute atomic E-state index is 2.65. The average Bonchev–Trinajstić information content (AvgIpc) is 3.03. The van der Waals surface area contributed by atoms with Gasteiger partial charge in [-0.25, -0.2) is 0 Å². The lowest BCUT2D eigenvalue weighted by Gasteiger charge is -2.55. The van der Waals surface area contributed by atoms with Crippen molar-refractivity contribution >= 4 is 22.7 Å². The number of rotatable bonds is 0. The molecule has 40 heavy (non-hydrogen) atoms. The molecule has 0 saturated heterocycles. The van der Waals surface area contributed by atoms with Gasteiger partial charge in [0.2, 0.25) is 0 Å². The van der Waals surface area contributed by atoms with Crippen LogP contribution in [0.3, 0.4) is 0 Å². The molecule has 4 aliphatic heterocycles. The smallest absolute Gasteiger partial charge is 0.0864 e. The maximum Gasteiger partial charge on any atom is 0.0864 e. The molecule has 0 spiro atoms. The first kappa shape index (κ1) is 19.9. The predicted octanol–water partition coefficient (Wildman–Crippen LogP) is 9.78. The van der Waals surface area contributed by atoms with Crippen LogP contribution in [0.25, 0.3) is 44.5 Å². The fraction of sp³-hybridized carbons (Fsp3) is 0.0526. The van der Waals surface area contributed by atoms with Gasteiger partial charge in [-0.15, -0.1) is 0 Å². The Hall–Kier alpha value is -5.08. The minimum atomic E-state index is 0.147. The minimum absolute atomic E-state index is 0.147. The van der Waals surface area contributed by atoms with Crippen molar-refractivity contribution < 1.29 is 0 Å². The van der Waals surface area contributed by atoms with E-state index in [1.165, 1.54) is 89.5 Å². The Kier molecular flexibility index (Phi) is 3.26. The number of hydrogen-bond donors (Lipinski definition) is 0. The van der Waals surface area contributed by atoms with Crippen LogP contribution in [0.2, 0.25) is 0 Å². The first-order chi connectivity index (χ1) is 19.9. The van der Waals surface area contributed by atoms with Crippen molar-refractivity contribution in [3.05, 3.63) is 144 Å². The second kappa shape index (κ2) is 6.55. The number of hydrogen-bond acceptors (Lipinski definition) is 2. The number of anilines is 4. The highest BCUT2D eigenvalue weighted by Gasteiger charge is 2.52. The molecular formula is C38H22N2. The van der Waals surface area contributed by atoms with Crippen molar-refractivity contribution in [2.24, 2.45) is 0 Å². The Bertz CT molecular complexity index is 1850. The van der Waals surface area contributed by atoms with E-state index in [0.29, 0.717) is 0 Å². The Morgan fingerprint density at radius 3 is 0.800 bits per heavy atom. The van der Waals surface area contributed by atoms with Crippen molar-refractivity contribution in [2.45, 2.75) is 12.1 Å². The molecule has 0 bridgehead atoms. The van der Waals surface area contributed by atoms with E-state index < -0.39 is 0 Å². The fourth-order valence-corrected chi connectivity index (χ4v) is 8.66. The molecule has 4 heterocycles. The van der Waals surface area contributed by atoms with E-state index in [1.54, 1.807) is 0 Å². The molecule has 0 amide bonds. The van der Waals surface area contributed by atoms with E-state index in [0.717, 1.165) is 0 Å². The predicted molar refractivity (Wildman–Crippen MR) is 163 cm³/mol. The molecule has 2 heteroatoms. The third-order valence-corrected chi connectivity index (χ3v) is 10.00. The summed E-state index contributed by atoms with van der Waals surface area (Å²) in [5.41, 5.74) is 22.0. The van der Waals surface area contributed by atoms with Crippen LogP contribution in [0.5, 0.6) is 0 Å². The molecule has 11 rings (SSSR count). The summed E-state index contributed by atoms with van der Waals surface area (Å²) in [6.45, 7) is 0. The van der Waals surface area contributed by atoms with Crippen LogP contribution in [-0.2, 0) is 0 Å². The van der Waals surface area contributed by atoms with E-state index in [2.05, 4.69) is 131 Å². The van der Waals surface area contributed by atoms with Gasteiger partial charge in [-0.3, -0.25) is 0 Å². The normalized spacial score (nSPS) is 18.4. The van der Waals surface area contributed by atoms with Gasteiger partial charge in [-0.2, -0.15) is 0 Å². The highest BCUT2D eigenvalue weighted by Crippen LogP contribution is 2.68. The van der Waals surface area contributed by atoms with E-state index >= 15 is 0 Å². The monoisotopic (exact) mass is 506 g/mol. The molecule has 0 unspecified atom stereocenters. The maximum atomic E-state index is 2.65. The molecule has 0 fully saturated rings. The molecule has 1 aliphatic carbocycles. The molecule has 184 valence electrons. The summed E-state index contributed by atoms with van der Waals surface area (Å²) >= 11 is 0. The SMILES string of the molecule is c1ccc2c(c1)-c1ccc3c4c1C1c5c(ccc6c5C4N(c4ccccc4-3)c3ccccc3-6)-c3ccccc3N21. The van der Waals surface area contributed by atoms with Crippen LogP contribution in [0.15, 0.2) is 121 Å². The van der Waals surface area contributed by atoms with Crippen LogP contribution >= 0.6 is 0 Å². The van der Waals surface area contributed by atoms with E-state index in [4.69, 9.17) is 0 Å². The van der Waals surface area contributed by atoms with Crippen molar-refractivity contribution in [1.82, 2.24) is 0 Å². The summed E-state index contributed by atoms with van der Waals surface area (Å²) in [7, 11) is 0. The number of benzene rings is 6. The van der Waals surface area contributed by atoms with E-state index in [9.17, 15) is 0 Å². The summed E-state index contributed by atoms with van der Waals surface area (Å²) in [6.07, 6.45) is 0. The first-order valence-electron chi connectivity index (χ1n) is 14.2. The molecule has 0 atom stereocenters. The molecule has 2 nitrogen and oxygen atoms in total. The molecular weight excluding hydrogens is 484 g/mol. The zero-order valence-electron chi connectivity index (χ0n) is 21.6. The summed E-state index contributed by atoms with van der Waals surface area (Å²) in [6, 6.07) is 46.0. The van der Waals surface area contributed by atoms with Gasteiger partial charge in [0.25, 0.3) is 0 Å². The van der Waals surface area contributed by atoms with Crippen molar-refractivity contribution in [1.29, 1.82) is 0 Å². The minimum Gasteiger partial charge on any atom is -0.329 e. The van der Waals surface area contributed by atoms with Gasteiger partial charge in [0.05, 0.1) is 12.1 Å². The Morgan fingerprint density at radius 1 is 0.275 bits per heavy atom. The molecule has 0 saturated carbocycles. The van der Waals surface area contributed by atoms with Crippen molar-refractivity contribution in [3.8, 4) is 44.5 Å². The fourth-order valence-electron chi connectivity index (χ4n) is 8.66. The van der Waals surface area contributed by atoms with Crippen LogP contribution in [0, 0.1) is 0 Å². The Balaban J connectivity index is 1.41. The zero-order chi connectivity index (χ0) is 25.7. The molecule has 6 aromatic rings. The molecule has 0 radical (unpaired) electrons. The first-order valence-corrected chi connectivity index (χ1v) is 14.2. The van der Waals surface area contributed by atoms with Gasteiger partial charge in [0.15, 0.2) is 0 Å². The highest BCUT2D eigenvalue weighted by atomic mass is 15.2. The van der Waals surface area contributed by atoms with Crippen LogP contribution in [-0.4, -0.2) is 0 Å². The van der Waals surface area contributed by atoms with Gasteiger partial charge in [0.1, 0.15) is 0 Å². The van der Waals surface area contributed by atoms with Gasteiger partial charge >= 0.3 is 0 Å². The quantitative estimate of drug-likeness (QED) is 0.202. The summed E-state index contributed by atoms with van der Waals surface area (Å²) in [4.78, 5) is 5.30. The largest absolute Gasteiger partial charge is 0.329 e. The lowest BCUT2D eigenvalue weighted by atomic mass is 9.63. The van der Waals surface area contributed by atoms with Gasteiger partial charge < -0.3 is 9.80 Å². The Morgan fingerprint density at radius 2 is 0.525 bits per heavy atom. The number of fused-ring (bicyclic) bond motifs is 12. The second-order valence-corrected chi connectivity index (χ2v) is 11.6. The zero-order valence-corrected chi connectivity index (χ0v) is 21.6. The standard InChI is InChI=1S/C38H22N2/c1-5-13-29-21(9-1)25-17-18-26-23-11-3-7-15-31(23)40-32-16-8-4-12-24(32)28-20-19-27-22-10-2-6-14-30(22)39(29)37-33(25)34(26)38(40)36(28)35(27)37/h1-20,37-38H. The number of para-hydroxylation sites is 4. The van der Waals surface area contributed by atoms with E-state index in [1.807, 2.05) is 0 Å². The van der Waals surface area contributed by atoms with Crippen LogP contribution in [0.1, 0.15) is 34.3 Å². The van der Waals surface area contributed by atoms with Gasteiger partial charge in [0, 0.05) is 45.0 Å². The van der Waals surface area contributed by atoms with Crippen LogP contribution in [0.4, 0.5) is 22.7 Å². The molecule has 0 N–H and O–H groups in total. The highest BCUT2D eigenvalue weighted by molar-refractivity contribution is 6.06. The summed E-state index contributed by atoms with van der Waals surface area (Å²) < 4.78 is 0. The van der Waals surface area contributed by atoms with Crippen molar-refractivity contribution in [2.75, 3.05) is 9.80 Å². The summed E-state index contributed by atoms with van der Waals surface area (Å²) in [5, 5.41) is 0. The third-order valence-electron chi connectivity index (χ3n) is 10.00. The number of nitrogens with zero attached hydrogens (tertiary/aromatic N) is 2. The van der Waals surface area contributed by atoms with Gasteiger partial charge in [-0.05, 0) is 68.8 Å². The molecule has 6 aromatic carbocycles. The third kappa shape index (κ3) is 2.02. The van der Waals surface area contributed by atoms with Gasteiger partial charge in [-0.1, -0.05) is 97.1 Å². The van der Waals surface area contributed by atoms with Crippen LogP contribution < -0.4 is 9.80 Å². The summed E-state index contributed by atoms with van der Waals surface area (Å²) in [5.74, 6) is 0.